The maximum atomic E-state index is 16.0. The van der Waals surface area contributed by atoms with E-state index in [0.717, 1.165) is 11.8 Å². The molecule has 68 heteroatoms. The summed E-state index contributed by atoms with van der Waals surface area (Å²) in [7, 11) is 0. The first-order valence-electron chi connectivity index (χ1n) is 38.8. The van der Waals surface area contributed by atoms with Crippen LogP contribution in [0, 0.1) is 0 Å². The molecule has 0 aromatic carbocycles. The minimum Gasteiger partial charge on any atom is -0.397 e. The number of imidazole rings is 6. The van der Waals surface area contributed by atoms with E-state index in [-0.39, 0.29) is 109 Å². The smallest absolute Gasteiger partial charge is 0.386 e. The number of alkyl halides is 2. The predicted molar refractivity (Wildman–Crippen MR) is 474 cm³/mol. The number of nitrogen functional groups attached to an aromatic ring is 6. The number of nitrogens with two attached hydrogens (primary N) is 6. The molecule has 21 rings (SSSR count). The molecule has 12 aromatic heterocycles. The SMILES string of the molecule is Nc1nc2c(ncn2[C@@H]2O[C@@H]3COP(O)(=S)O[C@H]4C[C@H](c5cnc6c(N)ccnn56)O[C@@H]4COP(O)(=S)O[C@@H]2C3)c(=O)[nH]1.Nc1nc2c(ncn2[C@@H]2O[C@@H]3COP(O)(=S)O[C@H]4C[C@H](c5cnc6c(N)ccnn56)O[C@@H]4COP(O)(=S)O[C@@H]2C3)c(=O)[nH]1.Nc1nc2c(ncn2[C@@H]2S[C@@H]3COP(=O)(S)O[C@H]4[C@H](F)[C@H](n5cnc6c(N)ccnc65)O[C@@H]4COP(O)(=S)O[C@@H]2[C@H]3F)c(=O)[nH]1. The average molecular weight is 2070 g/mol. The van der Waals surface area contributed by atoms with Crippen LogP contribution < -0.4 is 51.1 Å². The van der Waals surface area contributed by atoms with Crippen LogP contribution in [0.3, 0.4) is 0 Å². The maximum absolute atomic E-state index is 16.0. The number of ether oxygens (including phenoxy) is 5. The maximum Gasteiger partial charge on any atom is 0.386 e. The molecule has 20 N–H and O–H groups in total. The molecule has 12 aromatic rings. The van der Waals surface area contributed by atoms with E-state index in [1.165, 1.54) is 68.2 Å². The number of thiol groups is 1. The van der Waals surface area contributed by atoms with Gasteiger partial charge in [0.05, 0.1) is 148 Å². The summed E-state index contributed by atoms with van der Waals surface area (Å²) in [5.74, 6) is -0.466. The largest absolute Gasteiger partial charge is 0.397 e. The first-order chi connectivity index (χ1) is 62.2. The first-order valence-corrected chi connectivity index (χ1v) is 55.4. The molecule has 21 heterocycles. The van der Waals surface area contributed by atoms with Gasteiger partial charge in [0.1, 0.15) is 72.0 Å². The van der Waals surface area contributed by atoms with Crippen LogP contribution in [0.5, 0.6) is 0 Å². The molecule has 9 fully saturated rings. The molecule has 9 saturated heterocycles. The average Bonchev–Trinajstić information content (AvgIpc) is 1.62. The van der Waals surface area contributed by atoms with E-state index in [1.807, 2.05) is 0 Å². The van der Waals surface area contributed by atoms with Crippen molar-refractivity contribution < 1.29 is 116 Å². The van der Waals surface area contributed by atoms with E-state index < -0.39 is 191 Å². The molecule has 0 spiro atoms. The van der Waals surface area contributed by atoms with Crippen LogP contribution >= 0.6 is 64.4 Å². The number of H-pyrrole nitrogens is 3. The van der Waals surface area contributed by atoms with Crippen LogP contribution in [-0.2, 0) is 142 Å². The van der Waals surface area contributed by atoms with E-state index in [1.54, 1.807) is 33.6 Å². The van der Waals surface area contributed by atoms with Crippen molar-refractivity contribution in [2.75, 3.05) is 74.0 Å². The summed E-state index contributed by atoms with van der Waals surface area (Å²) in [5.41, 5.74) is 37.5. The quantitative estimate of drug-likeness (QED) is 0.0840. The van der Waals surface area contributed by atoms with E-state index in [4.69, 9.17) is 171 Å². The lowest BCUT2D eigenvalue weighted by atomic mass is 10.1. The second-order valence-electron chi connectivity index (χ2n) is 30.3. The van der Waals surface area contributed by atoms with Crippen molar-refractivity contribution in [1.82, 2.24) is 102 Å². The molecule has 6 unspecified atom stereocenters. The third kappa shape index (κ3) is 19.1. The number of thioether (sulfide) groups is 1. The number of nitrogens with zero attached hydrogens (tertiary/aromatic N) is 18. The molecular formula is C63H73F2N27O26P6S7. The molecule has 0 aliphatic carbocycles. The fourth-order valence-corrected chi connectivity index (χ4v) is 26.5. The fraction of sp³-hybridized carbons (Fsp3) is 0.476. The van der Waals surface area contributed by atoms with E-state index >= 15 is 8.78 Å². The van der Waals surface area contributed by atoms with Gasteiger partial charge < -0.3 is 123 Å². The van der Waals surface area contributed by atoms with Crippen LogP contribution in [0.1, 0.15) is 73.3 Å². The number of anilines is 6. The predicted octanol–water partition coefficient (Wildman–Crippen LogP) is 2.78. The molecular weight excluding hydrogens is 2000 g/mol. The number of nitrogens with one attached hydrogen (secondary N) is 3. The standard InChI is InChI=1S/C21H23F2N9O8P2S3.2C21H25N9O9P2S2/c22-10-9-4-37-42(35,44)39-14-8(38-19(11(14)23)31-5-27-12-7(24)1-2-26-16(12)31)3-36-41(34,43)40-15(10)20(45-9)32-6-28-13-17(32)29-21(25)30-18(13)33;2*22-10-1-2-26-30-11(5-24-17(10)30)12-4-13-15(37-12)7-35-41(33,43)39-14-3-9(6-34-40(32,42)38-13)36-20(14)29-8-25-16-18(29)27-21(23)28-19(16)31/h1-2,5-6,8-11,14-15,19-20H,3-4H2,(H2,24,26)(H,34,43)(H,35,44)(H3,25,29,30,33);2*1-2,5,8-9,12-15,20H,3-4,6-7,22H2,(H,32,42)(H,33,43)(H3,23,27,28,31)/t8-,9-,10+,11+,14-,15-,19-,20-,41?,42?;2*9-,12+,13-,14+,15+,20+,40?,41?/m100/s1. The Hall–Kier alpha value is -7.13. The van der Waals surface area contributed by atoms with E-state index in [0.29, 0.717) is 45.3 Å². The number of aromatic amines is 3. The number of rotatable bonds is 6. The third-order valence-corrected chi connectivity index (χ3v) is 32.8. The van der Waals surface area contributed by atoms with Crippen molar-refractivity contribution in [3.05, 3.63) is 117 Å². The molecule has 9 aliphatic heterocycles. The highest BCUT2D eigenvalue weighted by atomic mass is 32.7. The van der Waals surface area contributed by atoms with Gasteiger partial charge in [0, 0.05) is 31.9 Å². The van der Waals surface area contributed by atoms with Crippen molar-refractivity contribution >= 4 is 214 Å². The summed E-state index contributed by atoms with van der Waals surface area (Å²) in [4.78, 5) is 141. The van der Waals surface area contributed by atoms with Gasteiger partial charge in [-0.1, -0.05) is 12.2 Å². The van der Waals surface area contributed by atoms with Gasteiger partial charge in [0.2, 0.25) is 17.8 Å². The Kier molecular flexibility index (Phi) is 25.6. The van der Waals surface area contributed by atoms with Crippen LogP contribution in [0.2, 0.25) is 0 Å². The Morgan fingerprint density at radius 2 is 0.832 bits per heavy atom. The fourth-order valence-electron chi connectivity index (χ4n) is 16.0. The normalized spacial score (nSPS) is 36.2. The second-order valence-corrected chi connectivity index (χ2v) is 48.5. The summed E-state index contributed by atoms with van der Waals surface area (Å²) < 4.78 is 153. The molecule has 131 heavy (non-hydrogen) atoms. The van der Waals surface area contributed by atoms with Crippen molar-refractivity contribution in [2.24, 2.45) is 0 Å². The van der Waals surface area contributed by atoms with Gasteiger partial charge in [-0.2, -0.15) is 25.1 Å². The lowest BCUT2D eigenvalue weighted by molar-refractivity contribution is -0.0550. The Balaban J connectivity index is 0.000000127. The highest BCUT2D eigenvalue weighted by Gasteiger charge is 2.56. The van der Waals surface area contributed by atoms with Crippen molar-refractivity contribution in [3.8, 4) is 0 Å². The van der Waals surface area contributed by atoms with Crippen molar-refractivity contribution in [2.45, 2.75) is 147 Å². The molecule has 702 valence electrons. The van der Waals surface area contributed by atoms with Crippen LogP contribution in [-0.4, -0.2) is 251 Å². The number of aromatic nitrogens is 21. The topological polar surface area (TPSA) is 713 Å². The number of fused-ring (bicyclic) bond motifs is 15. The first kappa shape index (κ1) is 92.9. The van der Waals surface area contributed by atoms with Gasteiger partial charge in [-0.05, 0) is 77.2 Å². The highest BCUT2D eigenvalue weighted by Crippen LogP contribution is 2.62. The summed E-state index contributed by atoms with van der Waals surface area (Å²) in [6, 6.07) is 4.78. The molecule has 6 bridgehead atoms. The second kappa shape index (κ2) is 36.1. The molecule has 9 aliphatic rings. The zero-order valence-corrected chi connectivity index (χ0v) is 77.4. The number of pyridine rings is 1. The molecule has 0 amide bonds. The number of halogens is 2. The lowest BCUT2D eigenvalue weighted by Gasteiger charge is -2.27. The Morgan fingerprint density at radius 3 is 1.31 bits per heavy atom. The van der Waals surface area contributed by atoms with E-state index in [9.17, 15) is 43.4 Å². The Labute approximate surface area is 765 Å². The Bertz CT molecular complexity index is 6710. The highest BCUT2D eigenvalue weighted by molar-refractivity contribution is 8.44. The Morgan fingerprint density at radius 1 is 0.420 bits per heavy atom. The van der Waals surface area contributed by atoms with Gasteiger partial charge in [-0.3, -0.25) is 61.2 Å². The number of hydrogen-bond acceptors (Lipinski definition) is 45. The lowest BCUT2D eigenvalue weighted by Crippen LogP contribution is -2.33. The summed E-state index contributed by atoms with van der Waals surface area (Å²) in [6.45, 7) is -26.2. The summed E-state index contributed by atoms with van der Waals surface area (Å²) >= 11 is 31.5. The molecule has 53 nitrogen and oxygen atoms in total. The summed E-state index contributed by atoms with van der Waals surface area (Å²) in [6.07, 6.45) is -5.84. The number of hydrogen-bond donors (Lipinski definition) is 15. The zero-order chi connectivity index (χ0) is 92.0. The van der Waals surface area contributed by atoms with Gasteiger partial charge in [-0.25, -0.2) is 57.3 Å². The molecule has 0 saturated carbocycles. The van der Waals surface area contributed by atoms with Gasteiger partial charge >= 0.3 is 40.4 Å². The van der Waals surface area contributed by atoms with Crippen molar-refractivity contribution in [3.63, 3.8) is 0 Å². The van der Waals surface area contributed by atoms with Crippen LogP contribution in [0.15, 0.2) is 88.9 Å². The third-order valence-electron chi connectivity index (χ3n) is 21.8. The van der Waals surface area contributed by atoms with Gasteiger partial charge in [-0.15, -0.1) is 11.8 Å². The van der Waals surface area contributed by atoms with Crippen LogP contribution in [0.4, 0.5) is 43.7 Å². The van der Waals surface area contributed by atoms with Gasteiger partial charge in [0.25, 0.3) is 16.7 Å². The van der Waals surface area contributed by atoms with Gasteiger partial charge in [0.15, 0.2) is 75.3 Å². The van der Waals surface area contributed by atoms with Crippen LogP contribution in [0.25, 0.3) is 55.9 Å². The van der Waals surface area contributed by atoms with Crippen molar-refractivity contribution in [1.29, 1.82) is 0 Å². The monoisotopic (exact) mass is 2070 g/mol. The molecule has 0 radical (unpaired) electrons. The van der Waals surface area contributed by atoms with E-state index in [2.05, 4.69) is 87.2 Å². The minimum atomic E-state index is -4.38. The summed E-state index contributed by atoms with van der Waals surface area (Å²) in [5, 5.41) is 6.49. The zero-order valence-electron chi connectivity index (χ0n) is 66.2. The minimum absolute atomic E-state index is 0.0121. The molecule has 26 atom stereocenters.